The summed E-state index contributed by atoms with van der Waals surface area (Å²) in [4.78, 5) is 28.2. The molecule has 2 amide bonds. The lowest BCUT2D eigenvalue weighted by atomic mass is 10.1. The number of carbonyl (C=O) groups is 2. The van der Waals surface area contributed by atoms with Crippen molar-refractivity contribution in [1.82, 2.24) is 10.2 Å². The highest BCUT2D eigenvalue weighted by Gasteiger charge is 2.32. The van der Waals surface area contributed by atoms with E-state index in [-0.39, 0.29) is 29.0 Å². The number of carbonyl (C=O) groups excluding carboxylic acids is 2. The molecule has 0 saturated heterocycles. The van der Waals surface area contributed by atoms with Crippen molar-refractivity contribution in [1.29, 1.82) is 0 Å². The Morgan fingerprint density at radius 3 is 2.00 bits per heavy atom. The third-order valence-electron chi connectivity index (χ3n) is 5.77. The van der Waals surface area contributed by atoms with E-state index in [1.165, 1.54) is 17.0 Å². The molecular formula is C28H32ClN3O4S. The Hall–Kier alpha value is -3.36. The number of anilines is 1. The quantitative estimate of drug-likeness (QED) is 0.380. The molecule has 0 unspecified atom stereocenters. The maximum atomic E-state index is 13.8. The first kappa shape index (κ1) is 28.2. The van der Waals surface area contributed by atoms with E-state index in [0.29, 0.717) is 11.6 Å². The molecule has 0 aliphatic carbocycles. The van der Waals surface area contributed by atoms with E-state index >= 15 is 0 Å². The van der Waals surface area contributed by atoms with Gasteiger partial charge in [-0.05, 0) is 54.8 Å². The molecule has 3 aromatic carbocycles. The summed E-state index contributed by atoms with van der Waals surface area (Å²) in [6.45, 7) is 5.74. The zero-order chi connectivity index (χ0) is 27.0. The zero-order valence-electron chi connectivity index (χ0n) is 21.2. The molecule has 1 atom stereocenters. The van der Waals surface area contributed by atoms with Crippen molar-refractivity contribution in [2.45, 2.75) is 38.3 Å². The summed E-state index contributed by atoms with van der Waals surface area (Å²) in [6, 6.07) is 22.6. The summed E-state index contributed by atoms with van der Waals surface area (Å²) in [7, 11) is -4.09. The van der Waals surface area contributed by atoms with Crippen molar-refractivity contribution >= 4 is 39.1 Å². The molecule has 0 aromatic heterocycles. The Morgan fingerprint density at radius 2 is 1.43 bits per heavy atom. The highest BCUT2D eigenvalue weighted by atomic mass is 35.5. The minimum Gasteiger partial charge on any atom is -0.354 e. The van der Waals surface area contributed by atoms with Crippen molar-refractivity contribution in [2.24, 2.45) is 5.92 Å². The number of benzene rings is 3. The Morgan fingerprint density at radius 1 is 0.865 bits per heavy atom. The first-order chi connectivity index (χ1) is 17.6. The molecule has 1 N–H and O–H groups in total. The van der Waals surface area contributed by atoms with Crippen LogP contribution in [0.2, 0.25) is 5.02 Å². The lowest BCUT2D eigenvalue weighted by molar-refractivity contribution is -0.139. The fourth-order valence-electron chi connectivity index (χ4n) is 3.67. The number of halogens is 1. The van der Waals surface area contributed by atoms with Crippen molar-refractivity contribution in [3.05, 3.63) is 95.5 Å². The molecule has 0 aliphatic heterocycles. The van der Waals surface area contributed by atoms with Gasteiger partial charge in [0.2, 0.25) is 11.8 Å². The van der Waals surface area contributed by atoms with Gasteiger partial charge in [-0.25, -0.2) is 8.42 Å². The smallest absolute Gasteiger partial charge is 0.264 e. The Labute approximate surface area is 224 Å². The van der Waals surface area contributed by atoms with Gasteiger partial charge in [-0.1, -0.05) is 74.0 Å². The number of nitrogens with one attached hydrogen (secondary N) is 1. The minimum atomic E-state index is -4.09. The van der Waals surface area contributed by atoms with Crippen LogP contribution in [0.15, 0.2) is 89.8 Å². The van der Waals surface area contributed by atoms with Crippen molar-refractivity contribution in [3.8, 4) is 0 Å². The maximum absolute atomic E-state index is 13.8. The monoisotopic (exact) mass is 541 g/mol. The third-order valence-corrected chi connectivity index (χ3v) is 7.81. The summed E-state index contributed by atoms with van der Waals surface area (Å²) in [5.74, 6) is -0.571. The van der Waals surface area contributed by atoms with Gasteiger partial charge in [-0.2, -0.15) is 0 Å². The number of amides is 2. The van der Waals surface area contributed by atoms with Gasteiger partial charge in [-0.3, -0.25) is 13.9 Å². The number of sulfonamides is 1. The van der Waals surface area contributed by atoms with Crippen LogP contribution in [0.1, 0.15) is 26.3 Å². The van der Waals surface area contributed by atoms with E-state index in [0.717, 1.165) is 9.87 Å². The Bertz CT molecular complexity index is 1280. The molecule has 37 heavy (non-hydrogen) atoms. The van der Waals surface area contributed by atoms with Crippen LogP contribution in [0, 0.1) is 5.92 Å². The lowest BCUT2D eigenvalue weighted by Gasteiger charge is -2.32. The second-order valence-electron chi connectivity index (χ2n) is 9.12. The van der Waals surface area contributed by atoms with Crippen LogP contribution in [0.5, 0.6) is 0 Å². The molecule has 9 heteroatoms. The summed E-state index contributed by atoms with van der Waals surface area (Å²) >= 11 is 6.03. The Kier molecular flexibility index (Phi) is 9.72. The van der Waals surface area contributed by atoms with Crippen molar-refractivity contribution < 1.29 is 18.0 Å². The second kappa shape index (κ2) is 12.7. The van der Waals surface area contributed by atoms with Crippen LogP contribution in [-0.2, 0) is 26.2 Å². The normalized spacial score (nSPS) is 12.1. The first-order valence-corrected chi connectivity index (χ1v) is 13.9. The van der Waals surface area contributed by atoms with Gasteiger partial charge in [0.05, 0.1) is 10.6 Å². The van der Waals surface area contributed by atoms with Crippen molar-refractivity contribution in [2.75, 3.05) is 17.4 Å². The largest absolute Gasteiger partial charge is 0.354 e. The van der Waals surface area contributed by atoms with Crippen LogP contribution in [0.3, 0.4) is 0 Å². The van der Waals surface area contributed by atoms with Gasteiger partial charge in [0.15, 0.2) is 0 Å². The number of hydrogen-bond donors (Lipinski definition) is 1. The number of rotatable bonds is 11. The van der Waals surface area contributed by atoms with Gasteiger partial charge in [0, 0.05) is 18.1 Å². The molecule has 3 rings (SSSR count). The van der Waals surface area contributed by atoms with E-state index in [1.807, 2.05) is 44.2 Å². The van der Waals surface area contributed by atoms with Crippen molar-refractivity contribution in [3.63, 3.8) is 0 Å². The van der Waals surface area contributed by atoms with E-state index < -0.39 is 28.5 Å². The number of hydrogen-bond acceptors (Lipinski definition) is 4. The fraction of sp³-hybridized carbons (Fsp3) is 0.286. The predicted octanol–water partition coefficient (Wildman–Crippen LogP) is 4.72. The fourth-order valence-corrected chi connectivity index (χ4v) is 5.23. The summed E-state index contributed by atoms with van der Waals surface area (Å²) < 4.78 is 28.4. The van der Waals surface area contributed by atoms with Crippen LogP contribution in [0.25, 0.3) is 0 Å². The standard InChI is InChI=1S/C28H32ClN3O4S/c1-21(2)18-30-28(34)22(3)31(19-23-10-6-4-7-11-23)27(33)20-32(25-16-14-24(29)15-17-25)37(35,36)26-12-8-5-9-13-26/h4-17,21-22H,18-20H2,1-3H3,(H,30,34)/t22-/m0/s1. The molecule has 0 spiro atoms. The predicted molar refractivity (Wildman–Crippen MR) is 147 cm³/mol. The first-order valence-electron chi connectivity index (χ1n) is 12.0. The molecule has 196 valence electrons. The van der Waals surface area contributed by atoms with Gasteiger partial charge < -0.3 is 10.2 Å². The topological polar surface area (TPSA) is 86.8 Å². The average Bonchev–Trinajstić information content (AvgIpc) is 2.90. The molecule has 0 heterocycles. The van der Waals surface area contributed by atoms with Crippen LogP contribution >= 0.6 is 11.6 Å². The summed E-state index contributed by atoms with van der Waals surface area (Å²) in [5.41, 5.74) is 1.11. The molecule has 0 radical (unpaired) electrons. The van der Waals surface area contributed by atoms with E-state index in [2.05, 4.69) is 5.32 Å². The number of nitrogens with zero attached hydrogens (tertiary/aromatic N) is 2. The summed E-state index contributed by atoms with van der Waals surface area (Å²) in [6.07, 6.45) is 0. The maximum Gasteiger partial charge on any atom is 0.264 e. The third kappa shape index (κ3) is 7.57. The average molecular weight is 542 g/mol. The minimum absolute atomic E-state index is 0.0510. The Balaban J connectivity index is 1.97. The van der Waals surface area contributed by atoms with E-state index in [1.54, 1.807) is 49.4 Å². The van der Waals surface area contributed by atoms with Gasteiger partial charge in [0.1, 0.15) is 12.6 Å². The van der Waals surface area contributed by atoms with Crippen LogP contribution in [-0.4, -0.2) is 44.3 Å². The zero-order valence-corrected chi connectivity index (χ0v) is 22.7. The SMILES string of the molecule is CC(C)CNC(=O)[C@H](C)N(Cc1ccccc1)C(=O)CN(c1ccc(Cl)cc1)S(=O)(=O)c1ccccc1. The molecule has 0 bridgehead atoms. The molecule has 0 fully saturated rings. The van der Waals surface area contributed by atoms with Gasteiger partial charge in [0.25, 0.3) is 10.0 Å². The van der Waals surface area contributed by atoms with Crippen LogP contribution < -0.4 is 9.62 Å². The van der Waals surface area contributed by atoms with E-state index in [4.69, 9.17) is 11.6 Å². The van der Waals surface area contributed by atoms with E-state index in [9.17, 15) is 18.0 Å². The van der Waals surface area contributed by atoms with Gasteiger partial charge >= 0.3 is 0 Å². The highest BCUT2D eigenvalue weighted by Crippen LogP contribution is 2.26. The molecule has 0 saturated carbocycles. The lowest BCUT2D eigenvalue weighted by Crippen LogP contribution is -2.51. The van der Waals surface area contributed by atoms with Gasteiger partial charge in [-0.15, -0.1) is 0 Å². The highest BCUT2D eigenvalue weighted by molar-refractivity contribution is 7.92. The summed E-state index contributed by atoms with van der Waals surface area (Å²) in [5, 5.41) is 3.31. The molecule has 7 nitrogen and oxygen atoms in total. The molecular weight excluding hydrogens is 510 g/mol. The molecule has 0 aliphatic rings. The molecule has 3 aromatic rings. The van der Waals surface area contributed by atoms with Crippen LogP contribution in [0.4, 0.5) is 5.69 Å². The second-order valence-corrected chi connectivity index (χ2v) is 11.4.